The Morgan fingerprint density at radius 3 is 1.44 bits per heavy atom. The van der Waals surface area contributed by atoms with Crippen LogP contribution in [0.4, 0.5) is 0 Å². The molecule has 7 heteroatoms. The normalized spacial score (nSPS) is 11.6. The summed E-state index contributed by atoms with van der Waals surface area (Å²) >= 11 is 19.9. The van der Waals surface area contributed by atoms with Crippen LogP contribution in [0, 0.1) is 20.8 Å². The predicted molar refractivity (Wildman–Crippen MR) is 143 cm³/mol. The first-order valence-electron chi connectivity index (χ1n) is 11.4. The molecule has 34 heavy (non-hydrogen) atoms. The number of aryl methyl sites for hydroxylation is 3. The highest BCUT2D eigenvalue weighted by Gasteiger charge is 2.37. The summed E-state index contributed by atoms with van der Waals surface area (Å²) in [6, 6.07) is 18.7. The van der Waals surface area contributed by atoms with E-state index in [0.717, 1.165) is 52.6 Å². The third-order valence-corrected chi connectivity index (χ3v) is 7.68. The van der Waals surface area contributed by atoms with Gasteiger partial charge in [0.2, 0.25) is 0 Å². The van der Waals surface area contributed by atoms with Crippen molar-refractivity contribution < 1.29 is 14.7 Å². The van der Waals surface area contributed by atoms with Crippen LogP contribution < -0.4 is 0 Å². The number of hydrogen-bond acceptors (Lipinski definition) is 3. The quantitative estimate of drug-likeness (QED) is 0.166. The lowest BCUT2D eigenvalue weighted by atomic mass is 9.66. The van der Waals surface area contributed by atoms with Gasteiger partial charge >= 0.3 is 7.32 Å². The summed E-state index contributed by atoms with van der Waals surface area (Å²) in [6.07, 6.45) is 3.22. The monoisotopic (exact) mass is 518 g/mol. The number of rotatable bonds is 10. The Morgan fingerprint density at radius 2 is 1.09 bits per heavy atom. The first kappa shape index (κ1) is 27.1. The molecule has 0 spiro atoms. The second-order valence-corrected chi connectivity index (χ2v) is 10.0. The number of benzene rings is 3. The van der Waals surface area contributed by atoms with Crippen molar-refractivity contribution in [1.82, 2.24) is 0 Å². The van der Waals surface area contributed by atoms with E-state index < -0.39 is 12.7 Å². The van der Waals surface area contributed by atoms with Gasteiger partial charge in [-0.3, -0.25) is 0 Å². The van der Waals surface area contributed by atoms with E-state index in [9.17, 15) is 0 Å². The van der Waals surface area contributed by atoms with Crippen molar-refractivity contribution >= 4 is 42.1 Å². The zero-order chi connectivity index (χ0) is 24.9. The molecule has 3 aromatic rings. The second kappa shape index (κ2) is 11.9. The van der Waals surface area contributed by atoms with E-state index in [1.807, 2.05) is 39.0 Å². The highest BCUT2D eigenvalue weighted by atomic mass is 35.5. The zero-order valence-electron chi connectivity index (χ0n) is 19.7. The zero-order valence-corrected chi connectivity index (χ0v) is 22.0. The predicted octanol–water partition coefficient (Wildman–Crippen LogP) is 7.45. The van der Waals surface area contributed by atoms with Crippen molar-refractivity contribution in [3.8, 4) is 0 Å². The summed E-state index contributed by atoms with van der Waals surface area (Å²) in [5.41, 5.74) is 5.75. The molecule has 2 N–H and O–H groups in total. The van der Waals surface area contributed by atoms with Gasteiger partial charge in [-0.05, 0) is 85.2 Å². The Kier molecular flexibility index (Phi) is 9.51. The largest absolute Gasteiger partial charge is 0.633 e. The SMILES string of the molecule is Cc1ccc(C(CCCCCOB(O)O)(c2ccc(C)c(Cl)c2)c2ccc(C)c(Cl)c2)cc1Cl. The summed E-state index contributed by atoms with van der Waals surface area (Å²) in [6.45, 7) is 6.27. The lowest BCUT2D eigenvalue weighted by Gasteiger charge is -2.37. The molecule has 0 aliphatic rings. The maximum Gasteiger partial charge on any atom is 0.633 e. The Labute approximate surface area is 217 Å². The summed E-state index contributed by atoms with van der Waals surface area (Å²) in [7, 11) is -1.74. The molecular weight excluding hydrogens is 489 g/mol. The highest BCUT2D eigenvalue weighted by molar-refractivity contribution is 6.32. The lowest BCUT2D eigenvalue weighted by molar-refractivity contribution is 0.181. The van der Waals surface area contributed by atoms with Crippen molar-refractivity contribution in [3.05, 3.63) is 103 Å². The molecule has 0 amide bonds. The smallest absolute Gasteiger partial charge is 0.402 e. The summed E-state index contributed by atoms with van der Waals surface area (Å²) in [5.74, 6) is 0. The first-order chi connectivity index (χ1) is 16.1. The molecule has 0 radical (unpaired) electrons. The molecular formula is C27H30BCl3O3. The molecule has 3 rings (SSSR count). The molecule has 0 atom stereocenters. The molecule has 0 unspecified atom stereocenters. The van der Waals surface area contributed by atoms with Crippen LogP contribution in [0.5, 0.6) is 0 Å². The standard InChI is InChI=1S/C27H30BCl3O3/c1-18-7-10-21(15-24(18)29)27(13-5-4-6-14-34-28(32)33,22-11-8-19(2)25(30)16-22)23-12-9-20(3)26(31)17-23/h7-12,15-17,32-33H,4-6,13-14H2,1-3H3. The second-order valence-electron chi connectivity index (χ2n) is 8.80. The van der Waals surface area contributed by atoms with Crippen LogP contribution in [0.15, 0.2) is 54.6 Å². The van der Waals surface area contributed by atoms with Crippen LogP contribution in [-0.2, 0) is 10.1 Å². The Morgan fingerprint density at radius 1 is 0.676 bits per heavy atom. The average molecular weight is 520 g/mol. The third-order valence-electron chi connectivity index (χ3n) is 6.46. The fraction of sp³-hybridized carbons (Fsp3) is 0.333. The van der Waals surface area contributed by atoms with Gasteiger partial charge in [-0.25, -0.2) is 0 Å². The van der Waals surface area contributed by atoms with Gasteiger partial charge in [0, 0.05) is 27.1 Å². The van der Waals surface area contributed by atoms with Crippen LogP contribution in [0.3, 0.4) is 0 Å². The van der Waals surface area contributed by atoms with Gasteiger partial charge in [-0.15, -0.1) is 0 Å². The number of hydrogen-bond donors (Lipinski definition) is 2. The minimum Gasteiger partial charge on any atom is -0.402 e. The summed E-state index contributed by atoms with van der Waals surface area (Å²) in [5, 5.41) is 20.0. The minimum absolute atomic E-state index is 0.285. The molecule has 3 nitrogen and oxygen atoms in total. The lowest BCUT2D eigenvalue weighted by Crippen LogP contribution is -2.30. The maximum absolute atomic E-state index is 8.93. The fourth-order valence-corrected chi connectivity index (χ4v) is 4.91. The van der Waals surface area contributed by atoms with Crippen molar-refractivity contribution in [1.29, 1.82) is 0 Å². The van der Waals surface area contributed by atoms with E-state index >= 15 is 0 Å². The van der Waals surface area contributed by atoms with Gasteiger partial charge in [0.05, 0.1) is 0 Å². The molecule has 0 saturated heterocycles. The van der Waals surface area contributed by atoms with Crippen molar-refractivity contribution in [3.63, 3.8) is 0 Å². The van der Waals surface area contributed by atoms with Gasteiger partial charge in [0.25, 0.3) is 0 Å². The Bertz CT molecular complexity index is 1010. The molecule has 0 bridgehead atoms. The van der Waals surface area contributed by atoms with Crippen molar-refractivity contribution in [2.75, 3.05) is 6.61 Å². The van der Waals surface area contributed by atoms with Gasteiger partial charge in [0.1, 0.15) is 0 Å². The van der Waals surface area contributed by atoms with Gasteiger partial charge in [-0.1, -0.05) is 84.0 Å². The molecule has 0 fully saturated rings. The van der Waals surface area contributed by atoms with Crippen molar-refractivity contribution in [2.24, 2.45) is 0 Å². The van der Waals surface area contributed by atoms with Crippen LogP contribution in [0.25, 0.3) is 0 Å². The van der Waals surface area contributed by atoms with E-state index in [-0.39, 0.29) is 6.61 Å². The third kappa shape index (κ3) is 6.18. The summed E-state index contributed by atoms with van der Waals surface area (Å²) in [4.78, 5) is 0. The molecule has 3 aromatic carbocycles. The fourth-order valence-electron chi connectivity index (χ4n) is 4.37. The van der Waals surface area contributed by atoms with E-state index in [4.69, 9.17) is 49.5 Å². The van der Waals surface area contributed by atoms with Crippen molar-refractivity contribution in [2.45, 2.75) is 51.9 Å². The van der Waals surface area contributed by atoms with Gasteiger partial charge in [0.15, 0.2) is 0 Å². The first-order valence-corrected chi connectivity index (χ1v) is 12.6. The highest BCUT2D eigenvalue weighted by Crippen LogP contribution is 2.46. The molecule has 0 heterocycles. The van der Waals surface area contributed by atoms with Crippen LogP contribution in [0.2, 0.25) is 15.1 Å². The van der Waals surface area contributed by atoms with Gasteiger partial charge in [-0.2, -0.15) is 0 Å². The average Bonchev–Trinajstić information content (AvgIpc) is 2.79. The van der Waals surface area contributed by atoms with E-state index in [2.05, 4.69) is 36.4 Å². The Balaban J connectivity index is 2.14. The number of unbranched alkanes of at least 4 members (excludes halogenated alkanes) is 2. The van der Waals surface area contributed by atoms with Crippen LogP contribution in [0.1, 0.15) is 59.1 Å². The molecule has 0 aromatic heterocycles. The number of halogens is 3. The molecule has 0 saturated carbocycles. The van der Waals surface area contributed by atoms with E-state index in [1.165, 1.54) is 0 Å². The summed E-state index contributed by atoms with van der Waals surface area (Å²) < 4.78 is 4.87. The minimum atomic E-state index is -1.74. The maximum atomic E-state index is 8.93. The topological polar surface area (TPSA) is 49.7 Å². The molecule has 0 aliphatic carbocycles. The molecule has 180 valence electrons. The molecule has 0 aliphatic heterocycles. The van der Waals surface area contributed by atoms with Crippen LogP contribution in [-0.4, -0.2) is 24.0 Å². The van der Waals surface area contributed by atoms with E-state index in [0.29, 0.717) is 21.5 Å². The van der Waals surface area contributed by atoms with Gasteiger partial charge < -0.3 is 14.7 Å². The van der Waals surface area contributed by atoms with E-state index in [1.54, 1.807) is 0 Å². The Hall–Kier alpha value is -1.53. The van der Waals surface area contributed by atoms with Crippen LogP contribution >= 0.6 is 34.8 Å².